The number of ether oxygens (including phenoxy) is 1. The second-order valence-corrected chi connectivity index (χ2v) is 4.31. The summed E-state index contributed by atoms with van der Waals surface area (Å²) >= 11 is 0. The smallest absolute Gasteiger partial charge is 0.250 e. The van der Waals surface area contributed by atoms with Gasteiger partial charge in [-0.15, -0.1) is 0 Å². The van der Waals surface area contributed by atoms with Gasteiger partial charge in [0.15, 0.2) is 0 Å². The Balaban J connectivity index is 2.69. The Morgan fingerprint density at radius 2 is 2.06 bits per heavy atom. The van der Waals surface area contributed by atoms with Gasteiger partial charge in [-0.2, -0.15) is 0 Å². The molecule has 17 heavy (non-hydrogen) atoms. The van der Waals surface area contributed by atoms with Gasteiger partial charge < -0.3 is 15.2 Å². The zero-order chi connectivity index (χ0) is 13.0. The average molecular weight is 237 g/mol. The summed E-state index contributed by atoms with van der Waals surface area (Å²) in [6, 6.07) is 3.54. The van der Waals surface area contributed by atoms with E-state index >= 15 is 0 Å². The maximum absolute atomic E-state index is 11.5. The quantitative estimate of drug-likeness (QED) is 0.845. The summed E-state index contributed by atoms with van der Waals surface area (Å²) in [6.45, 7) is 7.34. The normalized spacial score (nSPS) is 10.6. The molecule has 0 radical (unpaired) electrons. The molecule has 1 rings (SSSR count). The Bertz CT molecular complexity index is 413. The molecule has 0 heterocycles. The number of phenols is 1. The van der Waals surface area contributed by atoms with Crippen LogP contribution in [0.3, 0.4) is 0 Å². The van der Waals surface area contributed by atoms with Crippen LogP contribution in [0.2, 0.25) is 0 Å². The highest BCUT2D eigenvalue weighted by atomic mass is 16.5. The Morgan fingerprint density at radius 1 is 1.41 bits per heavy atom. The van der Waals surface area contributed by atoms with Gasteiger partial charge in [-0.05, 0) is 39.3 Å². The summed E-state index contributed by atoms with van der Waals surface area (Å²) in [7, 11) is 0. The first-order valence-corrected chi connectivity index (χ1v) is 5.62. The number of anilines is 1. The van der Waals surface area contributed by atoms with Crippen molar-refractivity contribution in [1.29, 1.82) is 0 Å². The molecule has 1 aromatic rings. The van der Waals surface area contributed by atoms with Gasteiger partial charge in [-0.3, -0.25) is 4.79 Å². The zero-order valence-corrected chi connectivity index (χ0v) is 10.7. The van der Waals surface area contributed by atoms with Crippen LogP contribution in [0.15, 0.2) is 12.1 Å². The highest BCUT2D eigenvalue weighted by molar-refractivity contribution is 5.92. The lowest BCUT2D eigenvalue weighted by atomic mass is 10.1. The van der Waals surface area contributed by atoms with Gasteiger partial charge in [0.2, 0.25) is 5.91 Å². The third kappa shape index (κ3) is 3.75. The van der Waals surface area contributed by atoms with Crippen molar-refractivity contribution < 1.29 is 14.6 Å². The highest BCUT2D eigenvalue weighted by Gasteiger charge is 2.09. The number of aromatic hydroxyl groups is 1. The molecule has 0 bridgehead atoms. The first-order valence-electron chi connectivity index (χ1n) is 5.62. The molecule has 0 spiro atoms. The van der Waals surface area contributed by atoms with Crippen LogP contribution in [0.4, 0.5) is 5.69 Å². The number of amides is 1. The Hall–Kier alpha value is -1.55. The summed E-state index contributed by atoms with van der Waals surface area (Å²) < 4.78 is 5.20. The molecule has 0 saturated carbocycles. The summed E-state index contributed by atoms with van der Waals surface area (Å²) in [5.41, 5.74) is 2.08. The maximum atomic E-state index is 11.5. The molecule has 4 nitrogen and oxygen atoms in total. The van der Waals surface area contributed by atoms with E-state index in [2.05, 4.69) is 5.32 Å². The zero-order valence-electron chi connectivity index (χ0n) is 10.7. The van der Waals surface area contributed by atoms with Gasteiger partial charge in [0.25, 0.3) is 0 Å². The minimum Gasteiger partial charge on any atom is -0.507 e. The first kappa shape index (κ1) is 13.5. The summed E-state index contributed by atoms with van der Waals surface area (Å²) in [5.74, 6) is -0.00219. The van der Waals surface area contributed by atoms with Crippen LogP contribution in [0.5, 0.6) is 5.75 Å². The number of nitrogens with one attached hydrogen (secondary N) is 1. The predicted octanol–water partition coefficient (Wildman–Crippen LogP) is 2.37. The van der Waals surface area contributed by atoms with Gasteiger partial charge in [0.05, 0.1) is 6.10 Å². The molecule has 94 valence electrons. The largest absolute Gasteiger partial charge is 0.507 e. The van der Waals surface area contributed by atoms with Crippen molar-refractivity contribution in [2.24, 2.45) is 0 Å². The van der Waals surface area contributed by atoms with E-state index in [1.807, 2.05) is 20.8 Å². The standard InChI is InChI=1S/C13H19NO3/c1-8(2)17-7-12(15)14-11-6-5-9(3)13(16)10(11)4/h5-6,8,16H,7H2,1-4H3,(H,14,15). The van der Waals surface area contributed by atoms with Crippen LogP contribution in [0.25, 0.3) is 0 Å². The number of hydrogen-bond acceptors (Lipinski definition) is 3. The Kier molecular flexibility index (Phi) is 4.52. The van der Waals surface area contributed by atoms with Gasteiger partial charge >= 0.3 is 0 Å². The van der Waals surface area contributed by atoms with Crippen LogP contribution < -0.4 is 5.32 Å². The molecule has 2 N–H and O–H groups in total. The minimum atomic E-state index is -0.218. The Labute approximate surface area is 102 Å². The number of phenolic OH excluding ortho intramolecular Hbond substituents is 1. The monoisotopic (exact) mass is 237 g/mol. The highest BCUT2D eigenvalue weighted by Crippen LogP contribution is 2.27. The second kappa shape index (κ2) is 5.68. The van der Waals surface area contributed by atoms with Gasteiger partial charge in [-0.25, -0.2) is 0 Å². The summed E-state index contributed by atoms with van der Waals surface area (Å²) in [4.78, 5) is 11.5. The van der Waals surface area contributed by atoms with E-state index in [0.717, 1.165) is 5.56 Å². The number of hydrogen-bond donors (Lipinski definition) is 2. The van der Waals surface area contributed by atoms with E-state index in [1.54, 1.807) is 19.1 Å². The average Bonchev–Trinajstić information content (AvgIpc) is 2.27. The molecule has 0 unspecified atom stereocenters. The topological polar surface area (TPSA) is 58.6 Å². The van der Waals surface area contributed by atoms with Crippen molar-refractivity contribution in [3.05, 3.63) is 23.3 Å². The number of carbonyl (C=O) groups is 1. The van der Waals surface area contributed by atoms with E-state index in [1.165, 1.54) is 0 Å². The van der Waals surface area contributed by atoms with Crippen molar-refractivity contribution in [3.63, 3.8) is 0 Å². The molecular formula is C13H19NO3. The molecule has 1 amide bonds. The molecule has 4 heteroatoms. The molecule has 1 aromatic carbocycles. The van der Waals surface area contributed by atoms with Crippen molar-refractivity contribution in [1.82, 2.24) is 0 Å². The van der Waals surface area contributed by atoms with Crippen molar-refractivity contribution in [3.8, 4) is 5.75 Å². The fourth-order valence-electron chi connectivity index (χ4n) is 1.40. The fourth-order valence-corrected chi connectivity index (χ4v) is 1.40. The van der Waals surface area contributed by atoms with Gasteiger partial charge in [0, 0.05) is 11.3 Å². The molecule has 0 aliphatic carbocycles. The fraction of sp³-hybridized carbons (Fsp3) is 0.462. The summed E-state index contributed by atoms with van der Waals surface area (Å²) in [6.07, 6.45) is 0.0215. The Morgan fingerprint density at radius 3 is 2.65 bits per heavy atom. The number of aryl methyl sites for hydroxylation is 1. The number of carbonyl (C=O) groups excluding carboxylic acids is 1. The van der Waals surface area contributed by atoms with Crippen LogP contribution >= 0.6 is 0 Å². The van der Waals surface area contributed by atoms with E-state index in [9.17, 15) is 9.90 Å². The molecule has 0 saturated heterocycles. The molecule has 0 atom stereocenters. The van der Waals surface area contributed by atoms with Crippen LogP contribution in [-0.2, 0) is 9.53 Å². The van der Waals surface area contributed by atoms with Crippen LogP contribution in [0, 0.1) is 13.8 Å². The molecule has 0 fully saturated rings. The third-order valence-electron chi connectivity index (χ3n) is 2.45. The van der Waals surface area contributed by atoms with Gasteiger partial charge in [-0.1, -0.05) is 6.07 Å². The van der Waals surface area contributed by atoms with E-state index in [-0.39, 0.29) is 24.4 Å². The van der Waals surface area contributed by atoms with Crippen molar-refractivity contribution in [2.45, 2.75) is 33.8 Å². The predicted molar refractivity (Wildman–Crippen MR) is 67.3 cm³/mol. The lowest BCUT2D eigenvalue weighted by molar-refractivity contribution is -0.121. The third-order valence-corrected chi connectivity index (χ3v) is 2.45. The second-order valence-electron chi connectivity index (χ2n) is 4.31. The van der Waals surface area contributed by atoms with E-state index < -0.39 is 0 Å². The minimum absolute atomic E-state index is 0.0196. The van der Waals surface area contributed by atoms with Gasteiger partial charge in [0.1, 0.15) is 12.4 Å². The van der Waals surface area contributed by atoms with Crippen molar-refractivity contribution >= 4 is 11.6 Å². The lowest BCUT2D eigenvalue weighted by Crippen LogP contribution is -2.21. The van der Waals surface area contributed by atoms with Crippen LogP contribution in [-0.4, -0.2) is 23.7 Å². The maximum Gasteiger partial charge on any atom is 0.250 e. The van der Waals surface area contributed by atoms with E-state index in [4.69, 9.17) is 4.74 Å². The molecule has 0 aliphatic rings. The number of rotatable bonds is 4. The van der Waals surface area contributed by atoms with E-state index in [0.29, 0.717) is 11.3 Å². The SMILES string of the molecule is Cc1ccc(NC(=O)COC(C)C)c(C)c1O. The van der Waals surface area contributed by atoms with Crippen LogP contribution in [0.1, 0.15) is 25.0 Å². The molecule has 0 aromatic heterocycles. The lowest BCUT2D eigenvalue weighted by Gasteiger charge is -2.12. The molecule has 0 aliphatic heterocycles. The molecular weight excluding hydrogens is 218 g/mol. The van der Waals surface area contributed by atoms with Crippen molar-refractivity contribution in [2.75, 3.05) is 11.9 Å². The first-order chi connectivity index (χ1) is 7.91. The number of benzene rings is 1. The summed E-state index contributed by atoms with van der Waals surface area (Å²) in [5, 5.41) is 12.4.